The van der Waals surface area contributed by atoms with Gasteiger partial charge in [-0.15, -0.1) is 0 Å². The molecular weight excluding hydrogens is 331 g/mol. The van der Waals surface area contributed by atoms with Crippen LogP contribution in [0.5, 0.6) is 0 Å². The fourth-order valence-electron chi connectivity index (χ4n) is 4.03. The Balaban J connectivity index is 1.60. The minimum Gasteiger partial charge on any atom is -0.312 e. The number of piperidine rings is 1. The van der Waals surface area contributed by atoms with Crippen molar-refractivity contribution in [3.63, 3.8) is 0 Å². The molecule has 0 amide bonds. The molecule has 0 radical (unpaired) electrons. The van der Waals surface area contributed by atoms with E-state index in [1.165, 1.54) is 5.69 Å². The minimum absolute atomic E-state index is 0.125. The lowest BCUT2D eigenvalue weighted by atomic mass is 9.83. The van der Waals surface area contributed by atoms with E-state index in [9.17, 15) is 4.79 Å². The Bertz CT molecular complexity index is 782. The molecule has 120 valence electrons. The Morgan fingerprint density at radius 1 is 1.00 bits per heavy atom. The van der Waals surface area contributed by atoms with Crippen LogP contribution in [0.3, 0.4) is 0 Å². The molecule has 3 heterocycles. The van der Waals surface area contributed by atoms with Gasteiger partial charge in [-0.25, -0.2) is 0 Å². The smallest absolute Gasteiger partial charge is 0.250 e. The maximum absolute atomic E-state index is 12.1. The van der Waals surface area contributed by atoms with Crippen LogP contribution in [-0.2, 0) is 13.1 Å². The second-order valence-electron chi connectivity index (χ2n) is 6.59. The first-order valence-electron chi connectivity index (χ1n) is 7.97. The van der Waals surface area contributed by atoms with Crippen LogP contribution in [0.2, 0.25) is 10.0 Å². The number of benzene rings is 1. The number of fused-ring (bicyclic) bond motifs is 4. The molecule has 2 aromatic rings. The molecule has 1 aromatic heterocycles. The van der Waals surface area contributed by atoms with E-state index in [0.717, 1.165) is 48.2 Å². The summed E-state index contributed by atoms with van der Waals surface area (Å²) in [5.41, 5.74) is 2.30. The zero-order valence-electron chi connectivity index (χ0n) is 12.7. The molecule has 2 bridgehead atoms. The summed E-state index contributed by atoms with van der Waals surface area (Å²) in [7, 11) is 0. The van der Waals surface area contributed by atoms with E-state index in [2.05, 4.69) is 11.0 Å². The summed E-state index contributed by atoms with van der Waals surface area (Å²) in [6, 6.07) is 11.3. The number of likely N-dealkylation sites (tertiary alicyclic amines) is 1. The van der Waals surface area contributed by atoms with Crippen LogP contribution < -0.4 is 5.56 Å². The van der Waals surface area contributed by atoms with Crippen LogP contribution >= 0.6 is 23.2 Å². The molecule has 3 nitrogen and oxygen atoms in total. The summed E-state index contributed by atoms with van der Waals surface area (Å²) >= 11 is 12.6. The molecule has 23 heavy (non-hydrogen) atoms. The van der Waals surface area contributed by atoms with Crippen LogP contribution in [0.15, 0.2) is 41.2 Å². The van der Waals surface area contributed by atoms with Crippen molar-refractivity contribution in [2.75, 3.05) is 13.1 Å². The molecule has 0 aliphatic carbocycles. The van der Waals surface area contributed by atoms with E-state index in [4.69, 9.17) is 23.2 Å². The summed E-state index contributed by atoms with van der Waals surface area (Å²) in [6.07, 6.45) is 1.16. The van der Waals surface area contributed by atoms with Gasteiger partial charge < -0.3 is 4.57 Å². The van der Waals surface area contributed by atoms with Crippen LogP contribution in [-0.4, -0.2) is 22.6 Å². The van der Waals surface area contributed by atoms with Crippen molar-refractivity contribution in [3.05, 3.63) is 68.1 Å². The Morgan fingerprint density at radius 3 is 2.52 bits per heavy atom. The monoisotopic (exact) mass is 348 g/mol. The van der Waals surface area contributed by atoms with Crippen LogP contribution in [0.4, 0.5) is 0 Å². The normalized spacial score (nSPS) is 23.6. The Labute approximate surface area is 145 Å². The van der Waals surface area contributed by atoms with Crippen molar-refractivity contribution in [3.8, 4) is 0 Å². The van der Waals surface area contributed by atoms with E-state index in [1.807, 2.05) is 28.8 Å². The number of hydrogen-bond acceptors (Lipinski definition) is 2. The summed E-state index contributed by atoms with van der Waals surface area (Å²) < 4.78 is 1.96. The lowest BCUT2D eigenvalue weighted by molar-refractivity contribution is 0.114. The average Bonchev–Trinajstić information content (AvgIpc) is 2.52. The van der Waals surface area contributed by atoms with Gasteiger partial charge in [-0.1, -0.05) is 35.3 Å². The number of aromatic nitrogens is 1. The fraction of sp³-hybridized carbons (Fsp3) is 0.389. The minimum atomic E-state index is 0.125. The molecule has 0 spiro atoms. The third-order valence-corrected chi connectivity index (χ3v) is 5.71. The summed E-state index contributed by atoms with van der Waals surface area (Å²) in [4.78, 5) is 14.5. The van der Waals surface area contributed by atoms with Gasteiger partial charge in [0.2, 0.25) is 0 Å². The number of hydrogen-bond donors (Lipinski definition) is 0. The molecule has 1 saturated heterocycles. The molecule has 4 rings (SSSR count). The third-order valence-electron chi connectivity index (χ3n) is 5.00. The van der Waals surface area contributed by atoms with Crippen molar-refractivity contribution >= 4 is 23.2 Å². The molecule has 2 aliphatic heterocycles. The highest BCUT2D eigenvalue weighted by Crippen LogP contribution is 2.36. The van der Waals surface area contributed by atoms with Crippen molar-refractivity contribution in [1.29, 1.82) is 0 Å². The Morgan fingerprint density at radius 2 is 1.74 bits per heavy atom. The number of nitrogens with zero attached hydrogens (tertiary/aromatic N) is 2. The first-order valence-corrected chi connectivity index (χ1v) is 8.72. The van der Waals surface area contributed by atoms with Crippen molar-refractivity contribution < 1.29 is 0 Å². The van der Waals surface area contributed by atoms with Crippen molar-refractivity contribution in [2.24, 2.45) is 5.92 Å². The average molecular weight is 349 g/mol. The summed E-state index contributed by atoms with van der Waals surface area (Å²) in [5.74, 6) is 0.931. The molecule has 1 fully saturated rings. The molecule has 0 unspecified atom stereocenters. The Kier molecular flexibility index (Phi) is 3.96. The lowest BCUT2D eigenvalue weighted by Gasteiger charge is -2.43. The molecule has 2 aliphatic rings. The SMILES string of the molecule is O=c1cccc2n1C[C@H]1C[C@@H]2CN(Cc2c(Cl)cccc2Cl)C1. The van der Waals surface area contributed by atoms with Gasteiger partial charge in [-0.3, -0.25) is 9.69 Å². The second-order valence-corrected chi connectivity index (χ2v) is 7.41. The zero-order chi connectivity index (χ0) is 16.0. The molecule has 0 N–H and O–H groups in total. The van der Waals surface area contributed by atoms with E-state index in [-0.39, 0.29) is 5.56 Å². The quantitative estimate of drug-likeness (QED) is 0.825. The first kappa shape index (κ1) is 15.3. The van der Waals surface area contributed by atoms with Gasteiger partial charge in [0.05, 0.1) is 0 Å². The Hall–Kier alpha value is -1.29. The van der Waals surface area contributed by atoms with Crippen LogP contribution in [0.25, 0.3) is 0 Å². The largest absolute Gasteiger partial charge is 0.312 e. The van der Waals surface area contributed by atoms with Gasteiger partial charge in [0.15, 0.2) is 0 Å². The van der Waals surface area contributed by atoms with Gasteiger partial charge in [-0.05, 0) is 30.5 Å². The topological polar surface area (TPSA) is 25.2 Å². The third kappa shape index (κ3) is 2.82. The van der Waals surface area contributed by atoms with E-state index in [0.29, 0.717) is 11.8 Å². The molecule has 0 saturated carbocycles. The summed E-state index contributed by atoms with van der Waals surface area (Å²) in [6.45, 7) is 3.52. The van der Waals surface area contributed by atoms with Gasteiger partial charge in [-0.2, -0.15) is 0 Å². The fourth-order valence-corrected chi connectivity index (χ4v) is 4.55. The predicted molar refractivity (Wildman–Crippen MR) is 93.3 cm³/mol. The van der Waals surface area contributed by atoms with Gasteiger partial charge in [0, 0.05) is 59.5 Å². The van der Waals surface area contributed by atoms with E-state index in [1.54, 1.807) is 6.07 Å². The molecular formula is C18H18Cl2N2O. The second kappa shape index (κ2) is 5.97. The number of halogens is 2. The maximum atomic E-state index is 12.1. The first-order chi connectivity index (χ1) is 11.1. The number of rotatable bonds is 2. The zero-order valence-corrected chi connectivity index (χ0v) is 14.2. The highest BCUT2D eigenvalue weighted by molar-refractivity contribution is 6.35. The van der Waals surface area contributed by atoms with Gasteiger partial charge in [0.25, 0.3) is 5.56 Å². The number of pyridine rings is 1. The predicted octanol–water partition coefficient (Wildman–Crippen LogP) is 3.77. The van der Waals surface area contributed by atoms with Crippen LogP contribution in [0.1, 0.15) is 23.6 Å². The van der Waals surface area contributed by atoms with Crippen molar-refractivity contribution in [2.45, 2.75) is 25.4 Å². The van der Waals surface area contributed by atoms with E-state index >= 15 is 0 Å². The van der Waals surface area contributed by atoms with Crippen LogP contribution in [0, 0.1) is 5.92 Å². The lowest BCUT2D eigenvalue weighted by Crippen LogP contribution is -2.46. The van der Waals surface area contributed by atoms with Gasteiger partial charge >= 0.3 is 0 Å². The van der Waals surface area contributed by atoms with Crippen molar-refractivity contribution in [1.82, 2.24) is 9.47 Å². The van der Waals surface area contributed by atoms with Gasteiger partial charge in [0.1, 0.15) is 0 Å². The highest BCUT2D eigenvalue weighted by atomic mass is 35.5. The maximum Gasteiger partial charge on any atom is 0.250 e. The molecule has 1 aromatic carbocycles. The summed E-state index contributed by atoms with van der Waals surface area (Å²) in [5, 5.41) is 1.45. The molecule has 5 heteroatoms. The van der Waals surface area contributed by atoms with E-state index < -0.39 is 0 Å². The highest BCUT2D eigenvalue weighted by Gasteiger charge is 2.34. The standard InChI is InChI=1S/C18H18Cl2N2O/c19-15-3-1-4-16(20)14(15)11-21-8-12-7-13(10-21)17-5-2-6-18(23)22(17)9-12/h1-6,12-13H,7-11H2/t12-,13+/m0/s1. The molecule has 2 atom stereocenters.